The Balaban J connectivity index is 2.01. The van der Waals surface area contributed by atoms with Gasteiger partial charge in [0.05, 0.1) is 25.4 Å². The molecule has 1 heterocycles. The summed E-state index contributed by atoms with van der Waals surface area (Å²) in [5.41, 5.74) is 0.899. The average Bonchev–Trinajstić information content (AvgIpc) is 3.03. The molecular weight excluding hydrogens is 192 g/mol. The molecular formula is C12H16O3. The van der Waals surface area contributed by atoms with Gasteiger partial charge in [0.2, 0.25) is 0 Å². The van der Waals surface area contributed by atoms with Crippen LogP contribution in [0.4, 0.5) is 0 Å². The van der Waals surface area contributed by atoms with Crippen molar-refractivity contribution < 1.29 is 14.6 Å². The van der Waals surface area contributed by atoms with Crippen LogP contribution in [0.5, 0.6) is 5.75 Å². The summed E-state index contributed by atoms with van der Waals surface area (Å²) in [6.45, 7) is 3.37. The molecule has 1 fully saturated rings. The van der Waals surface area contributed by atoms with Crippen molar-refractivity contribution in [1.29, 1.82) is 0 Å². The van der Waals surface area contributed by atoms with E-state index in [0.29, 0.717) is 13.0 Å². The van der Waals surface area contributed by atoms with Crippen molar-refractivity contribution in [3.05, 3.63) is 29.8 Å². The summed E-state index contributed by atoms with van der Waals surface area (Å²) in [5, 5.41) is 9.89. The van der Waals surface area contributed by atoms with Crippen molar-refractivity contribution >= 4 is 0 Å². The fourth-order valence-corrected chi connectivity index (χ4v) is 1.57. The molecule has 3 heteroatoms. The van der Waals surface area contributed by atoms with E-state index < -0.39 is 6.10 Å². The Morgan fingerprint density at radius 2 is 2.40 bits per heavy atom. The summed E-state index contributed by atoms with van der Waals surface area (Å²) in [5.74, 6) is 0.811. The van der Waals surface area contributed by atoms with E-state index in [4.69, 9.17) is 9.47 Å². The zero-order valence-electron chi connectivity index (χ0n) is 8.85. The van der Waals surface area contributed by atoms with Gasteiger partial charge in [0.25, 0.3) is 0 Å². The summed E-state index contributed by atoms with van der Waals surface area (Å²) in [7, 11) is 0. The lowest BCUT2D eigenvalue weighted by molar-refractivity contribution is 0.153. The van der Waals surface area contributed by atoms with Crippen LogP contribution in [-0.4, -0.2) is 24.4 Å². The van der Waals surface area contributed by atoms with Gasteiger partial charge in [0.15, 0.2) is 0 Å². The highest BCUT2D eigenvalue weighted by molar-refractivity contribution is 5.30. The molecule has 2 atom stereocenters. The van der Waals surface area contributed by atoms with Crippen molar-refractivity contribution in [3.63, 3.8) is 0 Å². The van der Waals surface area contributed by atoms with E-state index in [1.165, 1.54) is 0 Å². The molecule has 3 nitrogen and oxygen atoms in total. The van der Waals surface area contributed by atoms with E-state index in [1.807, 2.05) is 31.2 Å². The van der Waals surface area contributed by atoms with Gasteiger partial charge in [-0.25, -0.2) is 0 Å². The van der Waals surface area contributed by atoms with Crippen LogP contribution in [0, 0.1) is 0 Å². The third-order valence-electron chi connectivity index (χ3n) is 2.44. The molecule has 1 aliphatic rings. The van der Waals surface area contributed by atoms with Gasteiger partial charge in [-0.05, 0) is 24.6 Å². The van der Waals surface area contributed by atoms with Crippen molar-refractivity contribution in [2.24, 2.45) is 0 Å². The minimum absolute atomic E-state index is 0.246. The van der Waals surface area contributed by atoms with E-state index >= 15 is 0 Å². The SMILES string of the molecule is CCOc1cccc(C(O)CC2CO2)c1. The van der Waals surface area contributed by atoms with Crippen LogP contribution in [0.25, 0.3) is 0 Å². The molecule has 0 amide bonds. The van der Waals surface area contributed by atoms with Gasteiger partial charge in [-0.2, -0.15) is 0 Å². The number of benzene rings is 1. The Hall–Kier alpha value is -1.06. The number of hydrogen-bond donors (Lipinski definition) is 1. The quantitative estimate of drug-likeness (QED) is 0.751. The number of aliphatic hydroxyl groups excluding tert-OH is 1. The van der Waals surface area contributed by atoms with Crippen molar-refractivity contribution in [2.45, 2.75) is 25.6 Å². The Labute approximate surface area is 89.6 Å². The minimum Gasteiger partial charge on any atom is -0.494 e. The number of aliphatic hydroxyl groups is 1. The summed E-state index contributed by atoms with van der Waals surface area (Å²) in [6, 6.07) is 7.59. The molecule has 1 aromatic carbocycles. The minimum atomic E-state index is -0.446. The first-order valence-electron chi connectivity index (χ1n) is 5.32. The van der Waals surface area contributed by atoms with E-state index in [2.05, 4.69) is 0 Å². The monoisotopic (exact) mass is 208 g/mol. The second kappa shape index (κ2) is 4.64. The Morgan fingerprint density at radius 1 is 1.60 bits per heavy atom. The number of hydrogen-bond acceptors (Lipinski definition) is 3. The first-order valence-corrected chi connectivity index (χ1v) is 5.32. The summed E-state index contributed by atoms with van der Waals surface area (Å²) in [6.07, 6.45) is 0.476. The smallest absolute Gasteiger partial charge is 0.119 e. The molecule has 0 radical (unpaired) electrons. The molecule has 0 bridgehead atoms. The maximum absolute atomic E-state index is 9.89. The van der Waals surface area contributed by atoms with E-state index in [9.17, 15) is 5.11 Å². The molecule has 82 valence electrons. The third-order valence-corrected chi connectivity index (χ3v) is 2.44. The number of epoxide rings is 1. The largest absolute Gasteiger partial charge is 0.494 e. The number of rotatable bonds is 5. The van der Waals surface area contributed by atoms with Gasteiger partial charge in [-0.15, -0.1) is 0 Å². The third kappa shape index (κ3) is 2.94. The summed E-state index contributed by atoms with van der Waals surface area (Å²) >= 11 is 0. The van der Waals surface area contributed by atoms with E-state index in [0.717, 1.165) is 17.9 Å². The van der Waals surface area contributed by atoms with Crippen LogP contribution in [0.1, 0.15) is 25.0 Å². The van der Waals surface area contributed by atoms with Crippen LogP contribution in [0.15, 0.2) is 24.3 Å². The lowest BCUT2D eigenvalue weighted by Gasteiger charge is -2.11. The zero-order chi connectivity index (χ0) is 10.7. The molecule has 15 heavy (non-hydrogen) atoms. The molecule has 0 aliphatic carbocycles. The van der Waals surface area contributed by atoms with Gasteiger partial charge in [-0.3, -0.25) is 0 Å². The zero-order valence-corrected chi connectivity index (χ0v) is 8.85. The van der Waals surface area contributed by atoms with Crippen LogP contribution in [-0.2, 0) is 4.74 Å². The Morgan fingerprint density at radius 3 is 3.07 bits per heavy atom. The second-order valence-electron chi connectivity index (χ2n) is 3.71. The van der Waals surface area contributed by atoms with Gasteiger partial charge >= 0.3 is 0 Å². The topological polar surface area (TPSA) is 42.0 Å². The standard InChI is InChI=1S/C12H16O3/c1-2-14-10-5-3-4-9(6-10)12(13)7-11-8-15-11/h3-6,11-13H,2,7-8H2,1H3. The maximum atomic E-state index is 9.89. The molecule has 1 aliphatic heterocycles. The molecule has 2 unspecified atom stereocenters. The predicted octanol–water partition coefficient (Wildman–Crippen LogP) is 1.91. The highest BCUT2D eigenvalue weighted by Crippen LogP contribution is 2.27. The Bertz CT molecular complexity index is 320. The van der Waals surface area contributed by atoms with Crippen molar-refractivity contribution in [2.75, 3.05) is 13.2 Å². The molecule has 1 saturated heterocycles. The molecule has 0 aromatic heterocycles. The molecule has 0 saturated carbocycles. The fourth-order valence-electron chi connectivity index (χ4n) is 1.57. The predicted molar refractivity (Wildman–Crippen MR) is 56.9 cm³/mol. The first kappa shape index (κ1) is 10.5. The second-order valence-corrected chi connectivity index (χ2v) is 3.71. The Kier molecular flexibility index (Phi) is 3.23. The van der Waals surface area contributed by atoms with Crippen LogP contribution >= 0.6 is 0 Å². The van der Waals surface area contributed by atoms with Crippen LogP contribution < -0.4 is 4.74 Å². The van der Waals surface area contributed by atoms with E-state index in [-0.39, 0.29) is 6.10 Å². The maximum Gasteiger partial charge on any atom is 0.119 e. The van der Waals surface area contributed by atoms with Crippen molar-refractivity contribution in [3.8, 4) is 5.75 Å². The lowest BCUT2D eigenvalue weighted by atomic mass is 10.1. The van der Waals surface area contributed by atoms with Crippen LogP contribution in [0.3, 0.4) is 0 Å². The van der Waals surface area contributed by atoms with Gasteiger partial charge in [0.1, 0.15) is 5.75 Å². The van der Waals surface area contributed by atoms with Gasteiger partial charge in [-0.1, -0.05) is 12.1 Å². The average molecular weight is 208 g/mol. The molecule has 1 N–H and O–H groups in total. The molecule has 1 aromatic rings. The summed E-state index contributed by atoms with van der Waals surface area (Å²) < 4.78 is 10.5. The normalized spacial score (nSPS) is 21.1. The molecule has 2 rings (SSSR count). The number of ether oxygens (including phenoxy) is 2. The van der Waals surface area contributed by atoms with Crippen LogP contribution in [0.2, 0.25) is 0 Å². The lowest BCUT2D eigenvalue weighted by Crippen LogP contribution is -2.02. The first-order chi connectivity index (χ1) is 7.29. The van der Waals surface area contributed by atoms with E-state index in [1.54, 1.807) is 0 Å². The summed E-state index contributed by atoms with van der Waals surface area (Å²) in [4.78, 5) is 0. The fraction of sp³-hybridized carbons (Fsp3) is 0.500. The van der Waals surface area contributed by atoms with Gasteiger partial charge < -0.3 is 14.6 Å². The van der Waals surface area contributed by atoms with Crippen molar-refractivity contribution in [1.82, 2.24) is 0 Å². The highest BCUT2D eigenvalue weighted by Gasteiger charge is 2.26. The van der Waals surface area contributed by atoms with Gasteiger partial charge in [0, 0.05) is 6.42 Å². The highest BCUT2D eigenvalue weighted by atomic mass is 16.6. The molecule has 0 spiro atoms.